The third-order valence-electron chi connectivity index (χ3n) is 6.85. The van der Waals surface area contributed by atoms with Crippen LogP contribution in [-0.4, -0.2) is 75.0 Å². The molecule has 0 radical (unpaired) electrons. The highest BCUT2D eigenvalue weighted by Gasteiger charge is 2.30. The molecule has 0 aliphatic carbocycles. The van der Waals surface area contributed by atoms with Crippen LogP contribution in [0.25, 0.3) is 10.9 Å². The molecule has 282 valence electrons. The number of pyridine rings is 1. The van der Waals surface area contributed by atoms with Crippen molar-refractivity contribution in [3.63, 3.8) is 0 Å². The second kappa shape index (κ2) is 19.0. The molecule has 3 aromatic carbocycles. The van der Waals surface area contributed by atoms with Gasteiger partial charge in [-0.1, -0.05) is 29.8 Å². The number of hydrogen-bond acceptors (Lipinski definition) is 13. The van der Waals surface area contributed by atoms with Gasteiger partial charge in [0.2, 0.25) is 0 Å². The number of benzene rings is 3. The number of alkyl carbamates (subject to hydrolysis) is 1. The van der Waals surface area contributed by atoms with Crippen molar-refractivity contribution in [3.8, 4) is 23.0 Å². The molecule has 0 aliphatic rings. The maximum absolute atomic E-state index is 13.2. The largest absolute Gasteiger partial charge is 0.496 e. The summed E-state index contributed by atoms with van der Waals surface area (Å²) in [5.41, 5.74) is 0.641. The quantitative estimate of drug-likeness (QED) is 0.0603. The number of ether oxygens (including phenoxy) is 6. The highest BCUT2D eigenvalue weighted by molar-refractivity contribution is 7.56. The van der Waals surface area contributed by atoms with E-state index in [2.05, 4.69) is 20.7 Å². The fraction of sp³-hybridized carbons (Fsp3) is 0.286. The third-order valence-corrected chi connectivity index (χ3v) is 9.14. The average Bonchev–Trinajstić information content (AvgIpc) is 3.11. The molecule has 1 heterocycles. The van der Waals surface area contributed by atoms with Crippen LogP contribution >= 0.6 is 19.1 Å². The summed E-state index contributed by atoms with van der Waals surface area (Å²) in [4.78, 5) is 54.5. The number of nitrogens with zero attached hydrogens (tertiary/aromatic N) is 1. The highest BCUT2D eigenvalue weighted by Crippen LogP contribution is 2.42. The first-order chi connectivity index (χ1) is 25.3. The number of esters is 1. The molecule has 16 nitrogen and oxygen atoms in total. The fourth-order valence-electron chi connectivity index (χ4n) is 4.58. The molecule has 1 unspecified atom stereocenters. The van der Waals surface area contributed by atoms with E-state index in [4.69, 9.17) is 44.5 Å². The molecular weight excluding hydrogens is 735 g/mol. The Bertz CT molecular complexity index is 1980. The third kappa shape index (κ3) is 11.9. The van der Waals surface area contributed by atoms with Crippen LogP contribution in [0, 0.1) is 0 Å². The summed E-state index contributed by atoms with van der Waals surface area (Å²) in [7, 11) is -1.06. The average molecular weight is 773 g/mol. The molecule has 2 atom stereocenters. The summed E-state index contributed by atoms with van der Waals surface area (Å²) in [5.74, 6) is -0.456. The zero-order chi connectivity index (χ0) is 38.5. The van der Waals surface area contributed by atoms with Crippen LogP contribution < -0.4 is 29.9 Å². The lowest BCUT2D eigenvalue weighted by Crippen LogP contribution is -2.36. The van der Waals surface area contributed by atoms with Gasteiger partial charge in [-0.05, 0) is 57.2 Å². The molecule has 0 bridgehead atoms. The number of methoxy groups -OCH3 is 2. The Morgan fingerprint density at radius 2 is 1.64 bits per heavy atom. The summed E-state index contributed by atoms with van der Waals surface area (Å²) >= 11 is 6.42. The van der Waals surface area contributed by atoms with Gasteiger partial charge < -0.3 is 32.9 Å². The minimum absolute atomic E-state index is 0.0448. The van der Waals surface area contributed by atoms with Gasteiger partial charge in [-0.15, -0.1) is 0 Å². The molecule has 0 saturated carbocycles. The van der Waals surface area contributed by atoms with Gasteiger partial charge in [0.05, 0.1) is 41.6 Å². The Hall–Kier alpha value is -5.25. The number of imide groups is 1. The first-order valence-electron chi connectivity index (χ1n) is 16.0. The van der Waals surface area contributed by atoms with Gasteiger partial charge in [-0.25, -0.2) is 14.7 Å². The smallest absolute Gasteiger partial charge is 0.417 e. The Labute approximate surface area is 309 Å². The number of halogens is 1. The topological polar surface area (TPSA) is 199 Å². The Kier molecular flexibility index (Phi) is 14.5. The van der Waals surface area contributed by atoms with Crippen molar-refractivity contribution in [2.24, 2.45) is 0 Å². The molecule has 0 saturated heterocycles. The van der Waals surface area contributed by atoms with Crippen molar-refractivity contribution in [1.29, 1.82) is 0 Å². The van der Waals surface area contributed by atoms with Gasteiger partial charge in [0.25, 0.3) is 13.4 Å². The molecule has 4 aromatic rings. The predicted octanol–water partition coefficient (Wildman–Crippen LogP) is 6.91. The van der Waals surface area contributed by atoms with E-state index in [1.165, 1.54) is 51.6 Å². The zero-order valence-electron chi connectivity index (χ0n) is 29.4. The number of para-hydroxylation sites is 1. The van der Waals surface area contributed by atoms with Crippen molar-refractivity contribution >= 4 is 59.8 Å². The number of rotatable bonds is 16. The number of carbonyl (C=O) groups is 4. The van der Waals surface area contributed by atoms with E-state index in [1.54, 1.807) is 56.3 Å². The van der Waals surface area contributed by atoms with Gasteiger partial charge in [0, 0.05) is 30.8 Å². The normalized spacial score (nSPS) is 12.7. The number of carbonyl (C=O) groups excluding carboxylic acids is 4. The van der Waals surface area contributed by atoms with Crippen molar-refractivity contribution in [2.45, 2.75) is 32.9 Å². The van der Waals surface area contributed by atoms with E-state index in [-0.39, 0.29) is 46.8 Å². The molecule has 3 amide bonds. The maximum atomic E-state index is 13.2. The Balaban J connectivity index is 1.39. The van der Waals surface area contributed by atoms with E-state index in [9.17, 15) is 23.7 Å². The van der Waals surface area contributed by atoms with Crippen molar-refractivity contribution < 1.29 is 56.7 Å². The van der Waals surface area contributed by atoms with Crippen LogP contribution in [-0.2, 0) is 28.1 Å². The van der Waals surface area contributed by atoms with Crippen LogP contribution in [0.2, 0.25) is 5.02 Å². The zero-order valence-corrected chi connectivity index (χ0v) is 31.0. The summed E-state index contributed by atoms with van der Waals surface area (Å²) in [6.07, 6.45) is -1.12. The number of amides is 3. The highest BCUT2D eigenvalue weighted by atomic mass is 35.5. The summed E-state index contributed by atoms with van der Waals surface area (Å²) in [6.45, 7) is 4.05. The number of hydrogen-bond donors (Lipinski definition) is 3. The number of fused-ring (bicyclic) bond motifs is 1. The van der Waals surface area contributed by atoms with E-state index in [0.717, 1.165) is 0 Å². The lowest BCUT2D eigenvalue weighted by atomic mass is 10.1. The molecule has 0 spiro atoms. The Morgan fingerprint density at radius 1 is 0.887 bits per heavy atom. The summed E-state index contributed by atoms with van der Waals surface area (Å²) < 4.78 is 50.3. The first-order valence-corrected chi connectivity index (χ1v) is 18.2. The first kappa shape index (κ1) is 40.5. The predicted molar refractivity (Wildman–Crippen MR) is 194 cm³/mol. The van der Waals surface area contributed by atoms with Crippen LogP contribution in [0.3, 0.4) is 0 Å². The van der Waals surface area contributed by atoms with Crippen LogP contribution in [0.5, 0.6) is 23.0 Å². The number of nitrogens with one attached hydrogen (secondary N) is 3. The summed E-state index contributed by atoms with van der Waals surface area (Å²) in [6, 6.07) is 16.6. The van der Waals surface area contributed by atoms with Gasteiger partial charge in [-0.2, -0.15) is 0 Å². The molecule has 53 heavy (non-hydrogen) atoms. The van der Waals surface area contributed by atoms with Crippen LogP contribution in [0.4, 0.5) is 15.3 Å². The molecule has 0 aliphatic heterocycles. The molecule has 3 N–H and O–H groups in total. The number of anilines is 1. The van der Waals surface area contributed by atoms with Crippen molar-refractivity contribution in [2.75, 3.05) is 39.1 Å². The monoisotopic (exact) mass is 772 g/mol. The lowest BCUT2D eigenvalue weighted by Gasteiger charge is -2.22. The van der Waals surface area contributed by atoms with E-state index >= 15 is 0 Å². The molecular formula is C35H38ClN4O12P. The van der Waals surface area contributed by atoms with Crippen molar-refractivity contribution in [1.82, 2.24) is 15.4 Å². The molecule has 1 aromatic heterocycles. The van der Waals surface area contributed by atoms with E-state index in [0.29, 0.717) is 22.4 Å². The molecule has 0 fully saturated rings. The molecule has 4 rings (SSSR count). The summed E-state index contributed by atoms with van der Waals surface area (Å²) in [5, 5.41) is 7.81. The maximum Gasteiger partial charge on any atom is 0.417 e. The second-order valence-corrected chi connectivity index (χ2v) is 13.8. The minimum atomic E-state index is -3.71. The SMILES string of the molecule is COCP(=O)(N[C@@H](C)C(=O)OC(C)C)OCCOC(=O)NC(=O)c1cc2c(Oc3ccc(NC(=O)Oc4ccccc4)c(Cl)c3)ccnc2cc1OC. The fourth-order valence-corrected chi connectivity index (χ4v) is 6.43. The van der Waals surface area contributed by atoms with Crippen LogP contribution in [0.15, 0.2) is 72.9 Å². The van der Waals surface area contributed by atoms with Crippen molar-refractivity contribution in [3.05, 3.63) is 83.5 Å². The van der Waals surface area contributed by atoms with E-state index in [1.807, 2.05) is 0 Å². The lowest BCUT2D eigenvalue weighted by molar-refractivity contribution is -0.149. The number of aromatic nitrogens is 1. The van der Waals surface area contributed by atoms with Crippen LogP contribution in [0.1, 0.15) is 31.1 Å². The minimum Gasteiger partial charge on any atom is -0.496 e. The standard InChI is InChI=1S/C35H38ClN4O12P/c1-21(2)50-33(42)22(3)40-53(45,20-46-4)49-16-15-48-34(43)39-32(41)26-18-25-29(19-31(26)47-5)37-14-13-30(25)51-24-11-12-28(27(36)17-24)38-35(44)52-23-9-7-6-8-10-23/h6-14,17-19,21-22H,15-16,20H2,1-5H3,(H,38,44)(H,40,45)(H,39,41,43)/t22-,53?/m0/s1. The Morgan fingerprint density at radius 3 is 2.32 bits per heavy atom. The van der Waals surface area contributed by atoms with Gasteiger partial charge in [0.15, 0.2) is 0 Å². The van der Waals surface area contributed by atoms with Gasteiger partial charge in [-0.3, -0.25) is 29.8 Å². The van der Waals surface area contributed by atoms with Gasteiger partial charge in [0.1, 0.15) is 42.0 Å². The van der Waals surface area contributed by atoms with Gasteiger partial charge >= 0.3 is 18.2 Å². The molecule has 18 heteroatoms. The second-order valence-electron chi connectivity index (χ2n) is 11.3. The van der Waals surface area contributed by atoms with E-state index < -0.39 is 44.2 Å².